The van der Waals surface area contributed by atoms with Gasteiger partial charge in [0.2, 0.25) is 0 Å². The van der Waals surface area contributed by atoms with E-state index in [4.69, 9.17) is 4.74 Å². The number of methoxy groups -OCH3 is 1. The predicted molar refractivity (Wildman–Crippen MR) is 69.3 cm³/mol. The van der Waals surface area contributed by atoms with E-state index in [0.29, 0.717) is 5.92 Å². The zero-order valence-electron chi connectivity index (χ0n) is 11.0. The number of aliphatic hydroxyl groups is 1. The van der Waals surface area contributed by atoms with E-state index in [2.05, 4.69) is 0 Å². The number of ether oxygens (including phenoxy) is 1. The van der Waals surface area contributed by atoms with Crippen LogP contribution in [0.2, 0.25) is 0 Å². The summed E-state index contributed by atoms with van der Waals surface area (Å²) in [5, 5.41) is 10.6. The minimum Gasteiger partial charge on any atom is -0.497 e. The van der Waals surface area contributed by atoms with Crippen LogP contribution in [0.15, 0.2) is 18.2 Å². The lowest BCUT2D eigenvalue weighted by Crippen LogP contribution is -2.28. The van der Waals surface area contributed by atoms with Crippen LogP contribution < -0.4 is 4.74 Å². The summed E-state index contributed by atoms with van der Waals surface area (Å²) in [6.07, 6.45) is 4.74. The molecule has 1 fully saturated rings. The highest BCUT2D eigenvalue weighted by Crippen LogP contribution is 2.39. The Hall–Kier alpha value is -1.02. The van der Waals surface area contributed by atoms with Crippen molar-refractivity contribution in [3.8, 4) is 5.75 Å². The largest absolute Gasteiger partial charge is 0.497 e. The molecule has 0 saturated heterocycles. The van der Waals surface area contributed by atoms with Gasteiger partial charge in [-0.2, -0.15) is 0 Å². The number of aryl methyl sites for hydroxylation is 1. The molecule has 0 heterocycles. The highest BCUT2D eigenvalue weighted by molar-refractivity contribution is 5.37. The smallest absolute Gasteiger partial charge is 0.119 e. The van der Waals surface area contributed by atoms with Crippen molar-refractivity contribution in [3.63, 3.8) is 0 Å². The minimum atomic E-state index is -0.707. The van der Waals surface area contributed by atoms with Gasteiger partial charge in [-0.3, -0.25) is 0 Å². The zero-order chi connectivity index (χ0) is 12.5. The van der Waals surface area contributed by atoms with Crippen LogP contribution in [0.1, 0.15) is 43.7 Å². The Bertz CT molecular complexity index is 392. The molecule has 2 nitrogen and oxygen atoms in total. The van der Waals surface area contributed by atoms with Crippen molar-refractivity contribution in [3.05, 3.63) is 29.3 Å². The van der Waals surface area contributed by atoms with Crippen molar-refractivity contribution in [2.75, 3.05) is 7.11 Å². The third kappa shape index (κ3) is 2.63. The van der Waals surface area contributed by atoms with Gasteiger partial charge in [0.05, 0.1) is 12.7 Å². The summed E-state index contributed by atoms with van der Waals surface area (Å²) in [5.74, 6) is 1.55. The Balaban J connectivity index is 2.18. The monoisotopic (exact) mass is 234 g/mol. The average molecular weight is 234 g/mol. The summed E-state index contributed by atoms with van der Waals surface area (Å²) in [4.78, 5) is 0. The van der Waals surface area contributed by atoms with Crippen molar-refractivity contribution in [2.24, 2.45) is 5.92 Å². The van der Waals surface area contributed by atoms with Gasteiger partial charge in [0.1, 0.15) is 5.75 Å². The molecule has 0 amide bonds. The van der Waals surface area contributed by atoms with Gasteiger partial charge in [-0.15, -0.1) is 0 Å². The fraction of sp³-hybridized carbons (Fsp3) is 0.600. The molecule has 1 aliphatic carbocycles. The fourth-order valence-electron chi connectivity index (χ4n) is 2.74. The van der Waals surface area contributed by atoms with E-state index in [1.54, 1.807) is 7.11 Å². The second kappa shape index (κ2) is 4.69. The fourth-order valence-corrected chi connectivity index (χ4v) is 2.74. The van der Waals surface area contributed by atoms with E-state index in [1.807, 2.05) is 32.0 Å². The lowest BCUT2D eigenvalue weighted by Gasteiger charge is -2.34. The minimum absolute atomic E-state index is 0.700. The molecular formula is C15H22O2. The predicted octanol–water partition coefficient (Wildman–Crippen LogP) is 3.40. The summed E-state index contributed by atoms with van der Waals surface area (Å²) in [6.45, 7) is 3.97. The Morgan fingerprint density at radius 2 is 2.12 bits per heavy atom. The van der Waals surface area contributed by atoms with Crippen LogP contribution >= 0.6 is 0 Å². The standard InChI is InChI=1S/C15H22O2/c1-11-9-13(17-3)7-8-14(11)15(2,16)10-12-5-4-6-12/h7-9,12,16H,4-6,10H2,1-3H3. The quantitative estimate of drug-likeness (QED) is 0.865. The topological polar surface area (TPSA) is 29.5 Å². The maximum atomic E-state index is 10.6. The first kappa shape index (κ1) is 12.4. The molecule has 0 radical (unpaired) electrons. The molecular weight excluding hydrogens is 212 g/mol. The van der Waals surface area contributed by atoms with Gasteiger partial charge in [0.15, 0.2) is 0 Å². The van der Waals surface area contributed by atoms with Gasteiger partial charge < -0.3 is 9.84 Å². The molecule has 17 heavy (non-hydrogen) atoms. The van der Waals surface area contributed by atoms with Crippen molar-refractivity contribution in [1.29, 1.82) is 0 Å². The Kier molecular flexibility index (Phi) is 3.43. The van der Waals surface area contributed by atoms with Gasteiger partial charge in [0.25, 0.3) is 0 Å². The highest BCUT2D eigenvalue weighted by Gasteiger charge is 2.31. The molecule has 1 aromatic rings. The average Bonchev–Trinajstić information content (AvgIpc) is 2.23. The molecule has 0 bridgehead atoms. The van der Waals surface area contributed by atoms with Crippen LogP contribution in [-0.2, 0) is 5.60 Å². The van der Waals surface area contributed by atoms with Crippen LogP contribution in [0, 0.1) is 12.8 Å². The van der Waals surface area contributed by atoms with Gasteiger partial charge >= 0.3 is 0 Å². The van der Waals surface area contributed by atoms with E-state index in [1.165, 1.54) is 19.3 Å². The number of benzene rings is 1. The van der Waals surface area contributed by atoms with E-state index in [-0.39, 0.29) is 0 Å². The van der Waals surface area contributed by atoms with Gasteiger partial charge in [0, 0.05) is 0 Å². The summed E-state index contributed by atoms with van der Waals surface area (Å²) >= 11 is 0. The van der Waals surface area contributed by atoms with E-state index < -0.39 is 5.60 Å². The lowest BCUT2D eigenvalue weighted by molar-refractivity contribution is 0.0156. The van der Waals surface area contributed by atoms with Gasteiger partial charge in [-0.1, -0.05) is 25.3 Å². The Morgan fingerprint density at radius 1 is 1.41 bits per heavy atom. The molecule has 1 N–H and O–H groups in total. The molecule has 1 aromatic carbocycles. The third-order valence-corrected chi connectivity index (χ3v) is 3.92. The molecule has 1 saturated carbocycles. The van der Waals surface area contributed by atoms with Crippen molar-refractivity contribution < 1.29 is 9.84 Å². The molecule has 94 valence electrons. The first-order chi connectivity index (χ1) is 8.03. The summed E-state index contributed by atoms with van der Waals surface area (Å²) in [5.41, 5.74) is 1.43. The molecule has 1 unspecified atom stereocenters. The van der Waals surface area contributed by atoms with Gasteiger partial charge in [-0.25, -0.2) is 0 Å². The van der Waals surface area contributed by atoms with Gasteiger partial charge in [-0.05, 0) is 49.4 Å². The van der Waals surface area contributed by atoms with Crippen molar-refractivity contribution in [2.45, 2.75) is 45.1 Å². The molecule has 2 rings (SSSR count). The van der Waals surface area contributed by atoms with Crippen molar-refractivity contribution in [1.82, 2.24) is 0 Å². The number of hydrogen-bond acceptors (Lipinski definition) is 2. The molecule has 2 heteroatoms. The number of hydrogen-bond donors (Lipinski definition) is 1. The Morgan fingerprint density at radius 3 is 2.59 bits per heavy atom. The second-order valence-corrected chi connectivity index (χ2v) is 5.46. The SMILES string of the molecule is COc1ccc(C(C)(O)CC2CCC2)c(C)c1. The molecule has 0 aromatic heterocycles. The molecule has 1 aliphatic rings. The van der Waals surface area contributed by atoms with E-state index >= 15 is 0 Å². The normalized spacial score (nSPS) is 19.5. The molecule has 0 aliphatic heterocycles. The van der Waals surface area contributed by atoms with Crippen LogP contribution in [-0.4, -0.2) is 12.2 Å². The maximum Gasteiger partial charge on any atom is 0.119 e. The Labute approximate surface area is 104 Å². The zero-order valence-corrected chi connectivity index (χ0v) is 11.0. The molecule has 1 atom stereocenters. The second-order valence-electron chi connectivity index (χ2n) is 5.46. The first-order valence-electron chi connectivity index (χ1n) is 6.40. The summed E-state index contributed by atoms with van der Waals surface area (Å²) < 4.78 is 5.19. The first-order valence-corrected chi connectivity index (χ1v) is 6.40. The third-order valence-electron chi connectivity index (χ3n) is 3.92. The van der Waals surface area contributed by atoms with Crippen LogP contribution in [0.3, 0.4) is 0 Å². The molecule has 0 spiro atoms. The number of rotatable bonds is 4. The summed E-state index contributed by atoms with van der Waals surface area (Å²) in [7, 11) is 1.67. The van der Waals surface area contributed by atoms with Crippen LogP contribution in [0.5, 0.6) is 5.75 Å². The maximum absolute atomic E-state index is 10.6. The van der Waals surface area contributed by atoms with Crippen LogP contribution in [0.25, 0.3) is 0 Å². The van der Waals surface area contributed by atoms with E-state index in [9.17, 15) is 5.11 Å². The van der Waals surface area contributed by atoms with Crippen molar-refractivity contribution >= 4 is 0 Å². The lowest BCUT2D eigenvalue weighted by atomic mass is 9.75. The van der Waals surface area contributed by atoms with Crippen LogP contribution in [0.4, 0.5) is 0 Å². The highest BCUT2D eigenvalue weighted by atomic mass is 16.5. The van der Waals surface area contributed by atoms with E-state index in [0.717, 1.165) is 23.3 Å². The summed E-state index contributed by atoms with van der Waals surface area (Å²) in [6, 6.07) is 5.91.